The lowest BCUT2D eigenvalue weighted by molar-refractivity contribution is 1.20. The zero-order valence-electron chi connectivity index (χ0n) is 25.7. The van der Waals surface area contributed by atoms with Crippen LogP contribution in [0.5, 0.6) is 0 Å². The fourth-order valence-corrected chi connectivity index (χ4v) is 7.98. The van der Waals surface area contributed by atoms with Crippen LogP contribution in [0, 0.1) is 0 Å². The van der Waals surface area contributed by atoms with Gasteiger partial charge in [0.2, 0.25) is 0 Å². The molecule has 0 fully saturated rings. The van der Waals surface area contributed by atoms with Crippen LogP contribution >= 0.6 is 0 Å². The summed E-state index contributed by atoms with van der Waals surface area (Å²) in [5.74, 6) is 0. The third-order valence-corrected chi connectivity index (χ3v) is 9.95. The second kappa shape index (κ2) is 10.2. The third-order valence-electron chi connectivity index (χ3n) is 9.95. The molecule has 0 saturated heterocycles. The van der Waals surface area contributed by atoms with Gasteiger partial charge in [-0.3, -0.25) is 0 Å². The third kappa shape index (κ3) is 3.78. The van der Waals surface area contributed by atoms with Crippen molar-refractivity contribution in [2.45, 2.75) is 0 Å². The van der Waals surface area contributed by atoms with E-state index in [0.717, 1.165) is 0 Å². The Morgan fingerprint density at radius 2 is 0.809 bits per heavy atom. The lowest BCUT2D eigenvalue weighted by atomic mass is 9.88. The zero-order valence-corrected chi connectivity index (χ0v) is 25.7. The van der Waals surface area contributed by atoms with Gasteiger partial charge in [-0.25, -0.2) is 0 Å². The van der Waals surface area contributed by atoms with Crippen molar-refractivity contribution in [3.8, 4) is 27.9 Å². The summed E-state index contributed by atoms with van der Waals surface area (Å²) in [5, 5.41) is 12.8. The Hall–Kier alpha value is -6.18. The maximum absolute atomic E-state index is 2.53. The molecular formula is C46H29N. The smallest absolute Gasteiger partial charge is 0.0626 e. The highest BCUT2D eigenvalue weighted by atomic mass is 15.0. The molecule has 10 aromatic rings. The van der Waals surface area contributed by atoms with E-state index >= 15 is 0 Å². The van der Waals surface area contributed by atoms with Crippen LogP contribution < -0.4 is 0 Å². The van der Waals surface area contributed by atoms with Gasteiger partial charge in [-0.15, -0.1) is 0 Å². The monoisotopic (exact) mass is 595 g/mol. The number of para-hydroxylation sites is 1. The number of fused-ring (bicyclic) bond motifs is 11. The fourth-order valence-electron chi connectivity index (χ4n) is 7.98. The Morgan fingerprint density at radius 1 is 0.298 bits per heavy atom. The van der Waals surface area contributed by atoms with E-state index < -0.39 is 0 Å². The van der Waals surface area contributed by atoms with Gasteiger partial charge in [0.15, 0.2) is 0 Å². The van der Waals surface area contributed by atoms with Crippen LogP contribution in [-0.4, -0.2) is 4.57 Å². The first-order valence-electron chi connectivity index (χ1n) is 16.3. The molecule has 0 atom stereocenters. The fraction of sp³-hybridized carbons (Fsp3) is 0. The van der Waals surface area contributed by atoms with Crippen molar-refractivity contribution < 1.29 is 0 Å². The van der Waals surface area contributed by atoms with Crippen LogP contribution in [0.15, 0.2) is 176 Å². The molecule has 0 spiro atoms. The molecule has 9 aromatic carbocycles. The van der Waals surface area contributed by atoms with Gasteiger partial charge >= 0.3 is 0 Å². The van der Waals surface area contributed by atoms with E-state index in [1.807, 2.05) is 0 Å². The van der Waals surface area contributed by atoms with Gasteiger partial charge in [0.1, 0.15) is 0 Å². The van der Waals surface area contributed by atoms with Crippen LogP contribution in [0.4, 0.5) is 0 Å². The topological polar surface area (TPSA) is 4.93 Å². The Kier molecular flexibility index (Phi) is 5.64. The van der Waals surface area contributed by atoms with E-state index in [2.05, 4.69) is 180 Å². The van der Waals surface area contributed by atoms with Crippen molar-refractivity contribution >= 4 is 64.9 Å². The summed E-state index contributed by atoms with van der Waals surface area (Å²) in [4.78, 5) is 0. The summed E-state index contributed by atoms with van der Waals surface area (Å²) < 4.78 is 2.53. The molecule has 0 aliphatic rings. The minimum atomic E-state index is 1.20. The second-order valence-electron chi connectivity index (χ2n) is 12.4. The van der Waals surface area contributed by atoms with Gasteiger partial charge in [0, 0.05) is 26.9 Å². The molecule has 0 unspecified atom stereocenters. The SMILES string of the molecule is c1ccc(-c2ccc(-n3c4ccccc4c4c5c6ccccc6c(-c6ccccc6)cc5c5ccccc5c43)c3ccccc23)cc1. The average Bonchev–Trinajstić information content (AvgIpc) is 3.50. The standard InChI is InChI=1S/C46H29N/c1-3-15-30(16-4-1)32-27-28-43(36-22-10-7-19-33(32)36)47-42-26-14-13-25-39(42)45-44-37-23-11-8-20-34(37)40(31-17-5-2-6-18-31)29-41(44)35-21-9-12-24-38(35)46(45)47/h1-29H. The molecular weight excluding hydrogens is 567 g/mol. The summed E-state index contributed by atoms with van der Waals surface area (Å²) >= 11 is 0. The number of hydrogen-bond donors (Lipinski definition) is 0. The minimum absolute atomic E-state index is 1.20. The molecule has 0 aliphatic carbocycles. The first-order chi connectivity index (χ1) is 23.4. The predicted octanol–water partition coefficient (Wildman–Crippen LogP) is 12.7. The number of rotatable bonds is 3. The van der Waals surface area contributed by atoms with E-state index in [-0.39, 0.29) is 0 Å². The molecule has 1 nitrogen and oxygen atoms in total. The van der Waals surface area contributed by atoms with Gasteiger partial charge in [-0.05, 0) is 67.4 Å². The highest BCUT2D eigenvalue weighted by molar-refractivity contribution is 6.38. The van der Waals surface area contributed by atoms with Crippen LogP contribution in [0.25, 0.3) is 92.8 Å². The lowest BCUT2D eigenvalue weighted by Gasteiger charge is -2.18. The van der Waals surface area contributed by atoms with E-state index in [9.17, 15) is 0 Å². The molecule has 0 saturated carbocycles. The largest absolute Gasteiger partial charge is 0.308 e. The number of aromatic nitrogens is 1. The Labute approximate surface area is 272 Å². The normalized spacial score (nSPS) is 11.8. The van der Waals surface area contributed by atoms with Crippen molar-refractivity contribution in [2.24, 2.45) is 0 Å². The molecule has 0 aliphatic heterocycles. The van der Waals surface area contributed by atoms with Gasteiger partial charge in [0.05, 0.1) is 16.7 Å². The molecule has 0 bridgehead atoms. The van der Waals surface area contributed by atoms with Crippen molar-refractivity contribution in [1.29, 1.82) is 0 Å². The molecule has 0 N–H and O–H groups in total. The second-order valence-corrected chi connectivity index (χ2v) is 12.4. The Bertz CT molecular complexity index is 2820. The molecule has 1 aromatic heterocycles. The van der Waals surface area contributed by atoms with Gasteiger partial charge in [-0.1, -0.05) is 158 Å². The van der Waals surface area contributed by atoms with Crippen LogP contribution in [0.2, 0.25) is 0 Å². The average molecular weight is 596 g/mol. The predicted molar refractivity (Wildman–Crippen MR) is 202 cm³/mol. The summed E-state index contributed by atoms with van der Waals surface area (Å²) in [6, 6.07) is 64.4. The summed E-state index contributed by atoms with van der Waals surface area (Å²) in [6.45, 7) is 0. The Balaban J connectivity index is 1.43. The quantitative estimate of drug-likeness (QED) is 0.179. The van der Waals surface area contributed by atoms with Gasteiger partial charge in [0.25, 0.3) is 0 Å². The van der Waals surface area contributed by atoms with Crippen molar-refractivity contribution in [3.05, 3.63) is 176 Å². The summed E-state index contributed by atoms with van der Waals surface area (Å²) in [5.41, 5.74) is 8.65. The van der Waals surface area contributed by atoms with Crippen LogP contribution in [0.3, 0.4) is 0 Å². The first-order valence-corrected chi connectivity index (χ1v) is 16.3. The van der Waals surface area contributed by atoms with Crippen molar-refractivity contribution in [2.75, 3.05) is 0 Å². The minimum Gasteiger partial charge on any atom is -0.308 e. The first kappa shape index (κ1) is 26.1. The number of benzene rings is 9. The maximum atomic E-state index is 2.53. The molecule has 0 radical (unpaired) electrons. The molecule has 47 heavy (non-hydrogen) atoms. The molecule has 10 rings (SSSR count). The molecule has 0 amide bonds. The van der Waals surface area contributed by atoms with Gasteiger partial charge in [-0.2, -0.15) is 0 Å². The molecule has 1 heterocycles. The molecule has 218 valence electrons. The molecule has 1 heteroatoms. The summed E-state index contributed by atoms with van der Waals surface area (Å²) in [7, 11) is 0. The number of nitrogens with zero attached hydrogens (tertiary/aromatic N) is 1. The van der Waals surface area contributed by atoms with E-state index in [1.54, 1.807) is 0 Å². The Morgan fingerprint density at radius 3 is 1.51 bits per heavy atom. The van der Waals surface area contributed by atoms with Crippen LogP contribution in [0.1, 0.15) is 0 Å². The van der Waals surface area contributed by atoms with Crippen LogP contribution in [-0.2, 0) is 0 Å². The van der Waals surface area contributed by atoms with Crippen molar-refractivity contribution in [1.82, 2.24) is 4.57 Å². The van der Waals surface area contributed by atoms with Gasteiger partial charge < -0.3 is 4.57 Å². The lowest BCUT2D eigenvalue weighted by Crippen LogP contribution is -1.97. The van der Waals surface area contributed by atoms with E-state index in [4.69, 9.17) is 0 Å². The zero-order chi connectivity index (χ0) is 30.9. The summed E-state index contributed by atoms with van der Waals surface area (Å²) in [6.07, 6.45) is 0. The highest BCUT2D eigenvalue weighted by Crippen LogP contribution is 2.47. The number of hydrogen-bond acceptors (Lipinski definition) is 0. The van der Waals surface area contributed by atoms with Crippen molar-refractivity contribution in [3.63, 3.8) is 0 Å². The van der Waals surface area contributed by atoms with E-state index in [1.165, 1.54) is 92.8 Å². The van der Waals surface area contributed by atoms with E-state index in [0.29, 0.717) is 0 Å². The highest BCUT2D eigenvalue weighted by Gasteiger charge is 2.22. The maximum Gasteiger partial charge on any atom is 0.0626 e.